The maximum Gasteiger partial charge on any atom is 0.416 e. The van der Waals surface area contributed by atoms with Crippen LogP contribution in [0.3, 0.4) is 0 Å². The fourth-order valence-electron chi connectivity index (χ4n) is 2.22. The second-order valence-electron chi connectivity index (χ2n) is 5.41. The molecule has 0 bridgehead atoms. The molecule has 5 N–H and O–H groups in total. The molecule has 27 heavy (non-hydrogen) atoms. The number of allylic oxidation sites excluding steroid dienone is 1. The zero-order valence-electron chi connectivity index (χ0n) is 14.1. The van der Waals surface area contributed by atoms with E-state index in [0.717, 1.165) is 12.1 Å². The summed E-state index contributed by atoms with van der Waals surface area (Å²) in [6, 6.07) is 13.5. The van der Waals surface area contributed by atoms with Crippen molar-refractivity contribution < 1.29 is 17.9 Å². The van der Waals surface area contributed by atoms with Gasteiger partial charge in [-0.05, 0) is 35.9 Å². The van der Waals surface area contributed by atoms with Crippen LogP contribution in [0.4, 0.5) is 13.2 Å². The third kappa shape index (κ3) is 5.52. The Bertz CT molecular complexity index is 898. The predicted molar refractivity (Wildman–Crippen MR) is 96.5 cm³/mol. The fraction of sp³-hybridized carbons (Fsp3) is 0.105. The van der Waals surface area contributed by atoms with Crippen molar-refractivity contribution in [3.8, 4) is 11.8 Å². The minimum atomic E-state index is -4.38. The molecule has 140 valence electrons. The summed E-state index contributed by atoms with van der Waals surface area (Å²) in [6.45, 7) is 0.142. The normalized spacial score (nSPS) is 12.4. The van der Waals surface area contributed by atoms with Crippen LogP contribution < -0.4 is 21.7 Å². The highest BCUT2D eigenvalue weighted by Gasteiger charge is 2.30. The van der Waals surface area contributed by atoms with Gasteiger partial charge in [0.1, 0.15) is 18.4 Å². The van der Waals surface area contributed by atoms with E-state index < -0.39 is 11.7 Å². The number of alkyl halides is 3. The fourth-order valence-corrected chi connectivity index (χ4v) is 2.22. The van der Waals surface area contributed by atoms with Gasteiger partial charge in [0, 0.05) is 5.56 Å². The van der Waals surface area contributed by atoms with Crippen LogP contribution in [-0.4, -0.2) is 6.61 Å². The van der Waals surface area contributed by atoms with Crippen LogP contribution in [0.15, 0.2) is 60.3 Å². The number of hydrogen-bond donors (Lipinski definition) is 3. The molecule has 0 aliphatic carbocycles. The highest BCUT2D eigenvalue weighted by atomic mass is 19.4. The molecule has 0 unspecified atom stereocenters. The number of rotatable bonds is 6. The lowest BCUT2D eigenvalue weighted by atomic mass is 10.1. The maximum absolute atomic E-state index is 12.7. The van der Waals surface area contributed by atoms with Crippen molar-refractivity contribution in [3.05, 3.63) is 77.0 Å². The van der Waals surface area contributed by atoms with Crippen LogP contribution in [-0.2, 0) is 6.18 Å². The van der Waals surface area contributed by atoms with E-state index >= 15 is 0 Å². The quantitative estimate of drug-likeness (QED) is 0.409. The first-order valence-corrected chi connectivity index (χ1v) is 7.78. The second kappa shape index (κ2) is 8.78. The molecule has 0 spiro atoms. The molecule has 0 aliphatic heterocycles. The number of hydrazine groups is 1. The van der Waals surface area contributed by atoms with Crippen molar-refractivity contribution in [2.24, 2.45) is 11.6 Å². The number of ether oxygens (including phenoxy) is 1. The van der Waals surface area contributed by atoms with Crippen molar-refractivity contribution >= 4 is 11.8 Å². The first kappa shape index (κ1) is 19.9. The van der Waals surface area contributed by atoms with E-state index in [4.69, 9.17) is 21.6 Å². The minimum Gasteiger partial charge on any atom is -0.490 e. The number of hydrogen-bond acceptors (Lipinski definition) is 5. The molecule has 0 atom stereocenters. The topological polar surface area (TPSA) is 97.1 Å². The van der Waals surface area contributed by atoms with Crippen molar-refractivity contribution in [1.29, 1.82) is 5.26 Å². The molecule has 0 saturated heterocycles. The molecule has 2 rings (SSSR count). The summed E-state index contributed by atoms with van der Waals surface area (Å²) in [5, 5.41) is 8.94. The zero-order valence-corrected chi connectivity index (χ0v) is 14.1. The van der Waals surface area contributed by atoms with Gasteiger partial charge in [-0.2, -0.15) is 18.4 Å². The minimum absolute atomic E-state index is 0.0246. The standard InChI is InChI=1S/C19H17F3N4O/c20-19(21,22)15-7-1-4-13(10-15)5-3-9-27-16-8-2-6-14(11-16)18(24)17(12-23)26-25/h1-8,10-11,26H,9,24-25H2/b5-3+,18-17-. The van der Waals surface area contributed by atoms with Crippen LogP contribution in [0.1, 0.15) is 16.7 Å². The molecule has 0 heterocycles. The molecule has 8 heteroatoms. The lowest BCUT2D eigenvalue weighted by Crippen LogP contribution is -2.23. The molecule has 0 radical (unpaired) electrons. The lowest BCUT2D eigenvalue weighted by Gasteiger charge is -2.08. The Hall–Kier alpha value is -3.44. The van der Waals surface area contributed by atoms with Crippen molar-refractivity contribution in [2.45, 2.75) is 6.18 Å². The first-order valence-electron chi connectivity index (χ1n) is 7.78. The number of nitriles is 1. The smallest absolute Gasteiger partial charge is 0.416 e. The van der Waals surface area contributed by atoms with E-state index in [-0.39, 0.29) is 18.0 Å². The largest absolute Gasteiger partial charge is 0.490 e. The zero-order chi connectivity index (χ0) is 19.9. The molecule has 0 amide bonds. The molecule has 0 saturated carbocycles. The number of nitrogens with zero attached hydrogens (tertiary/aromatic N) is 1. The van der Waals surface area contributed by atoms with Gasteiger partial charge in [0.05, 0.1) is 11.3 Å². The predicted octanol–water partition coefficient (Wildman–Crippen LogP) is 3.41. The summed E-state index contributed by atoms with van der Waals surface area (Å²) in [7, 11) is 0. The SMILES string of the molecule is N#C/C(NN)=C(/N)c1cccc(OC/C=C/c2cccc(C(F)(F)F)c2)c1. The first-order chi connectivity index (χ1) is 12.8. The Balaban J connectivity index is 2.04. The third-order valence-electron chi connectivity index (χ3n) is 3.54. The Morgan fingerprint density at radius 1 is 1.19 bits per heavy atom. The average molecular weight is 374 g/mol. The lowest BCUT2D eigenvalue weighted by molar-refractivity contribution is -0.137. The highest BCUT2D eigenvalue weighted by Crippen LogP contribution is 2.29. The summed E-state index contributed by atoms with van der Waals surface area (Å²) >= 11 is 0. The number of nitrogens with one attached hydrogen (secondary N) is 1. The molecular weight excluding hydrogens is 357 g/mol. The third-order valence-corrected chi connectivity index (χ3v) is 3.54. The Kier molecular flexibility index (Phi) is 6.46. The number of nitrogens with two attached hydrogens (primary N) is 2. The van der Waals surface area contributed by atoms with Gasteiger partial charge in [0.15, 0.2) is 5.70 Å². The Morgan fingerprint density at radius 2 is 1.93 bits per heavy atom. The molecule has 2 aromatic rings. The van der Waals surface area contributed by atoms with E-state index in [1.165, 1.54) is 6.07 Å². The van der Waals surface area contributed by atoms with Gasteiger partial charge >= 0.3 is 6.18 Å². The maximum atomic E-state index is 12.7. The molecule has 0 fully saturated rings. The van der Waals surface area contributed by atoms with Crippen molar-refractivity contribution in [3.63, 3.8) is 0 Å². The Morgan fingerprint density at radius 3 is 2.59 bits per heavy atom. The van der Waals surface area contributed by atoms with Crippen LogP contribution in [0.5, 0.6) is 5.75 Å². The van der Waals surface area contributed by atoms with Crippen LogP contribution in [0.25, 0.3) is 11.8 Å². The van der Waals surface area contributed by atoms with Gasteiger partial charge in [0.25, 0.3) is 0 Å². The second-order valence-corrected chi connectivity index (χ2v) is 5.41. The molecule has 2 aromatic carbocycles. The summed E-state index contributed by atoms with van der Waals surface area (Å²) in [5.41, 5.74) is 8.53. The summed E-state index contributed by atoms with van der Waals surface area (Å²) in [4.78, 5) is 0. The molecular formula is C19H17F3N4O. The van der Waals surface area contributed by atoms with E-state index in [0.29, 0.717) is 16.9 Å². The molecule has 0 aromatic heterocycles. The van der Waals surface area contributed by atoms with E-state index in [2.05, 4.69) is 5.43 Å². The van der Waals surface area contributed by atoms with Crippen LogP contribution in [0, 0.1) is 11.3 Å². The number of benzene rings is 2. The molecule has 5 nitrogen and oxygen atoms in total. The van der Waals surface area contributed by atoms with E-state index in [9.17, 15) is 13.2 Å². The summed E-state index contributed by atoms with van der Waals surface area (Å²) in [5.74, 6) is 5.71. The van der Waals surface area contributed by atoms with Gasteiger partial charge in [-0.25, -0.2) is 5.84 Å². The van der Waals surface area contributed by atoms with E-state index in [1.807, 2.05) is 6.07 Å². The Labute approximate surface area is 154 Å². The van der Waals surface area contributed by atoms with Gasteiger partial charge in [0.2, 0.25) is 0 Å². The van der Waals surface area contributed by atoms with Gasteiger partial charge in [-0.3, -0.25) is 0 Å². The van der Waals surface area contributed by atoms with Crippen molar-refractivity contribution in [2.75, 3.05) is 6.61 Å². The summed E-state index contributed by atoms with van der Waals surface area (Å²) in [6.07, 6.45) is -1.24. The van der Waals surface area contributed by atoms with Gasteiger partial charge < -0.3 is 15.9 Å². The molecule has 0 aliphatic rings. The van der Waals surface area contributed by atoms with E-state index in [1.54, 1.807) is 42.5 Å². The highest BCUT2D eigenvalue weighted by molar-refractivity contribution is 5.69. The summed E-state index contributed by atoms with van der Waals surface area (Å²) < 4.78 is 43.6. The van der Waals surface area contributed by atoms with Crippen LogP contribution >= 0.6 is 0 Å². The average Bonchev–Trinajstić information content (AvgIpc) is 2.66. The monoisotopic (exact) mass is 374 g/mol. The van der Waals surface area contributed by atoms with Gasteiger partial charge in [-0.15, -0.1) is 0 Å². The van der Waals surface area contributed by atoms with Gasteiger partial charge in [-0.1, -0.05) is 30.3 Å². The van der Waals surface area contributed by atoms with Crippen molar-refractivity contribution in [1.82, 2.24) is 5.43 Å². The number of halogens is 3. The van der Waals surface area contributed by atoms with Crippen LogP contribution in [0.2, 0.25) is 0 Å².